The standard InChI is InChI=1S/C16H35N3O3S/c1-9-17-14(19-12-13(22-8)15(2,3)4)18-10-11-23(20,21)16(5,6)7/h13H,9-12H2,1-8H3,(H2,17,18,19). The Balaban J connectivity index is 4.73. The Labute approximate surface area is 142 Å². The summed E-state index contributed by atoms with van der Waals surface area (Å²) in [6, 6.07) is 0. The molecule has 0 radical (unpaired) electrons. The van der Waals surface area contributed by atoms with Gasteiger partial charge in [0.25, 0.3) is 0 Å². The molecule has 2 N–H and O–H groups in total. The molecule has 1 atom stereocenters. The van der Waals surface area contributed by atoms with Crippen molar-refractivity contribution in [1.82, 2.24) is 10.6 Å². The molecule has 1 unspecified atom stereocenters. The van der Waals surface area contributed by atoms with Crippen molar-refractivity contribution in [3.05, 3.63) is 0 Å². The number of nitrogens with one attached hydrogen (secondary N) is 2. The maximum absolute atomic E-state index is 12.1. The summed E-state index contributed by atoms with van der Waals surface area (Å²) in [5.41, 5.74) is -0.00878. The van der Waals surface area contributed by atoms with E-state index in [1.54, 1.807) is 27.9 Å². The highest BCUT2D eigenvalue weighted by Gasteiger charge is 2.28. The molecule has 0 fully saturated rings. The molecule has 0 bridgehead atoms. The van der Waals surface area contributed by atoms with E-state index in [9.17, 15) is 8.42 Å². The van der Waals surface area contributed by atoms with Crippen LogP contribution in [0.1, 0.15) is 48.5 Å². The second-order valence-corrected chi connectivity index (χ2v) is 10.5. The van der Waals surface area contributed by atoms with Gasteiger partial charge in [0, 0.05) is 20.2 Å². The van der Waals surface area contributed by atoms with Crippen LogP contribution in [0.2, 0.25) is 0 Å². The number of ether oxygens (including phenoxy) is 1. The zero-order chi connectivity index (χ0) is 18.3. The van der Waals surface area contributed by atoms with Crippen molar-refractivity contribution in [1.29, 1.82) is 0 Å². The minimum Gasteiger partial charge on any atom is -0.379 e. The summed E-state index contributed by atoms with van der Waals surface area (Å²) < 4.78 is 29.0. The first-order chi connectivity index (χ1) is 10.3. The van der Waals surface area contributed by atoms with E-state index >= 15 is 0 Å². The van der Waals surface area contributed by atoms with E-state index in [1.165, 1.54) is 0 Å². The Kier molecular flexibility index (Phi) is 8.56. The average Bonchev–Trinajstić information content (AvgIpc) is 2.36. The summed E-state index contributed by atoms with van der Waals surface area (Å²) >= 11 is 0. The molecule has 0 aliphatic heterocycles. The summed E-state index contributed by atoms with van der Waals surface area (Å²) in [5.74, 6) is 0.691. The molecule has 23 heavy (non-hydrogen) atoms. The van der Waals surface area contributed by atoms with Crippen LogP contribution in [-0.4, -0.2) is 57.7 Å². The van der Waals surface area contributed by atoms with E-state index in [-0.39, 0.29) is 17.3 Å². The van der Waals surface area contributed by atoms with Crippen LogP contribution in [0.15, 0.2) is 4.99 Å². The number of aliphatic imine (C=N–C) groups is 1. The van der Waals surface area contributed by atoms with Crippen molar-refractivity contribution >= 4 is 15.8 Å². The van der Waals surface area contributed by atoms with Gasteiger partial charge in [0.05, 0.1) is 23.1 Å². The number of rotatable bonds is 7. The third-order valence-corrected chi connectivity index (χ3v) is 6.21. The fourth-order valence-corrected chi connectivity index (χ4v) is 2.81. The molecule has 0 rings (SSSR count). The van der Waals surface area contributed by atoms with Gasteiger partial charge in [-0.3, -0.25) is 4.99 Å². The van der Waals surface area contributed by atoms with Crippen LogP contribution in [0.4, 0.5) is 0 Å². The van der Waals surface area contributed by atoms with E-state index < -0.39 is 14.6 Å². The minimum absolute atomic E-state index is 0.00346. The lowest BCUT2D eigenvalue weighted by molar-refractivity contribution is 0.0241. The molecule has 7 heteroatoms. The highest BCUT2D eigenvalue weighted by molar-refractivity contribution is 7.92. The van der Waals surface area contributed by atoms with Gasteiger partial charge in [0.2, 0.25) is 0 Å². The number of nitrogens with zero attached hydrogens (tertiary/aromatic N) is 1. The maximum Gasteiger partial charge on any atom is 0.191 e. The number of guanidine groups is 1. The van der Waals surface area contributed by atoms with E-state index in [1.807, 2.05) is 6.92 Å². The molecule has 0 heterocycles. The summed E-state index contributed by atoms with van der Waals surface area (Å²) in [7, 11) is -1.46. The summed E-state index contributed by atoms with van der Waals surface area (Å²) in [5, 5.41) is 6.21. The zero-order valence-corrected chi connectivity index (χ0v) is 16.8. The Morgan fingerprint density at radius 1 is 1.13 bits per heavy atom. The van der Waals surface area contributed by atoms with Gasteiger partial charge < -0.3 is 15.4 Å². The lowest BCUT2D eigenvalue weighted by Crippen LogP contribution is -2.42. The number of sulfone groups is 1. The predicted octanol–water partition coefficient (Wildman–Crippen LogP) is 1.82. The second-order valence-electron chi connectivity index (χ2n) is 7.67. The molecule has 0 aromatic heterocycles. The highest BCUT2D eigenvalue weighted by Crippen LogP contribution is 2.21. The lowest BCUT2D eigenvalue weighted by Gasteiger charge is -2.28. The quantitative estimate of drug-likeness (QED) is 0.541. The number of hydrogen-bond donors (Lipinski definition) is 2. The first-order valence-corrected chi connectivity index (χ1v) is 9.77. The predicted molar refractivity (Wildman–Crippen MR) is 97.8 cm³/mol. The van der Waals surface area contributed by atoms with Crippen molar-refractivity contribution in [2.24, 2.45) is 10.4 Å². The van der Waals surface area contributed by atoms with Crippen molar-refractivity contribution < 1.29 is 13.2 Å². The van der Waals surface area contributed by atoms with Gasteiger partial charge in [0.15, 0.2) is 15.8 Å². The Morgan fingerprint density at radius 2 is 1.70 bits per heavy atom. The van der Waals surface area contributed by atoms with Gasteiger partial charge in [0.1, 0.15) is 0 Å². The molecule has 0 aromatic carbocycles. The van der Waals surface area contributed by atoms with Gasteiger partial charge in [-0.05, 0) is 33.1 Å². The van der Waals surface area contributed by atoms with Gasteiger partial charge in [-0.1, -0.05) is 20.8 Å². The molecule has 6 nitrogen and oxygen atoms in total. The summed E-state index contributed by atoms with van der Waals surface area (Å²) in [6.07, 6.45) is -0.00346. The average molecular weight is 350 g/mol. The molecule has 0 saturated heterocycles. The Hall–Kier alpha value is -0.820. The third kappa shape index (κ3) is 8.01. The zero-order valence-electron chi connectivity index (χ0n) is 16.0. The van der Waals surface area contributed by atoms with Gasteiger partial charge in [-0.15, -0.1) is 0 Å². The van der Waals surface area contributed by atoms with Crippen LogP contribution in [0.3, 0.4) is 0 Å². The summed E-state index contributed by atoms with van der Waals surface area (Å²) in [4.78, 5) is 4.51. The van der Waals surface area contributed by atoms with Gasteiger partial charge in [-0.25, -0.2) is 8.42 Å². The van der Waals surface area contributed by atoms with Crippen LogP contribution in [0, 0.1) is 5.41 Å². The first kappa shape index (κ1) is 22.2. The molecule has 0 spiro atoms. The molecule has 0 amide bonds. The first-order valence-electron chi connectivity index (χ1n) is 8.12. The molecule has 0 saturated carbocycles. The van der Waals surface area contributed by atoms with E-state index in [4.69, 9.17) is 4.74 Å². The Morgan fingerprint density at radius 3 is 2.09 bits per heavy atom. The molecular weight excluding hydrogens is 314 g/mol. The monoisotopic (exact) mass is 349 g/mol. The fraction of sp³-hybridized carbons (Fsp3) is 0.938. The fourth-order valence-electron chi connectivity index (χ4n) is 1.83. The molecule has 0 aliphatic rings. The van der Waals surface area contributed by atoms with E-state index in [0.29, 0.717) is 25.6 Å². The molecule has 138 valence electrons. The third-order valence-electron chi connectivity index (χ3n) is 3.61. The van der Waals surface area contributed by atoms with Crippen molar-refractivity contribution in [3.63, 3.8) is 0 Å². The Bertz CT molecular complexity index is 474. The van der Waals surface area contributed by atoms with Crippen LogP contribution in [-0.2, 0) is 14.6 Å². The topological polar surface area (TPSA) is 79.8 Å². The van der Waals surface area contributed by atoms with Gasteiger partial charge >= 0.3 is 0 Å². The minimum atomic E-state index is -3.14. The van der Waals surface area contributed by atoms with E-state index in [0.717, 1.165) is 0 Å². The van der Waals surface area contributed by atoms with Crippen LogP contribution >= 0.6 is 0 Å². The van der Waals surface area contributed by atoms with Gasteiger partial charge in [-0.2, -0.15) is 0 Å². The van der Waals surface area contributed by atoms with Crippen molar-refractivity contribution in [3.8, 4) is 0 Å². The van der Waals surface area contributed by atoms with E-state index in [2.05, 4.69) is 36.4 Å². The second kappa shape index (κ2) is 8.87. The highest BCUT2D eigenvalue weighted by atomic mass is 32.2. The number of methoxy groups -OCH3 is 1. The van der Waals surface area contributed by atoms with Crippen LogP contribution < -0.4 is 10.6 Å². The van der Waals surface area contributed by atoms with Crippen LogP contribution in [0.5, 0.6) is 0 Å². The molecule has 0 aromatic rings. The lowest BCUT2D eigenvalue weighted by atomic mass is 9.89. The largest absolute Gasteiger partial charge is 0.379 e. The summed E-state index contributed by atoms with van der Waals surface area (Å²) in [6.45, 7) is 15.0. The molecule has 0 aliphatic carbocycles. The van der Waals surface area contributed by atoms with Crippen molar-refractivity contribution in [2.75, 3.05) is 32.5 Å². The normalized spacial score (nSPS) is 15.4. The van der Waals surface area contributed by atoms with Crippen molar-refractivity contribution in [2.45, 2.75) is 59.3 Å². The van der Waals surface area contributed by atoms with Crippen LogP contribution in [0.25, 0.3) is 0 Å². The smallest absolute Gasteiger partial charge is 0.191 e. The molecular formula is C16H35N3O3S. The maximum atomic E-state index is 12.1. The number of hydrogen-bond acceptors (Lipinski definition) is 4. The SMILES string of the molecule is CCNC(=NCC(OC)C(C)(C)C)NCCS(=O)(=O)C(C)(C)C.